The zero-order chi connectivity index (χ0) is 48.4. The van der Waals surface area contributed by atoms with Crippen LogP contribution in [0.4, 0.5) is 13.6 Å². The van der Waals surface area contributed by atoms with Crippen molar-refractivity contribution in [3.63, 3.8) is 0 Å². The molecule has 4 fully saturated rings. The van der Waals surface area contributed by atoms with Crippen LogP contribution in [-0.4, -0.2) is 142 Å². The number of aromatic nitrogens is 12. The molecule has 23 heteroatoms. The van der Waals surface area contributed by atoms with Crippen molar-refractivity contribution in [2.75, 3.05) is 26.2 Å². The summed E-state index contributed by atoms with van der Waals surface area (Å²) in [6, 6.07) is 0. The van der Waals surface area contributed by atoms with E-state index in [2.05, 4.69) is 49.8 Å². The van der Waals surface area contributed by atoms with Gasteiger partial charge in [-0.1, -0.05) is 0 Å². The Morgan fingerprint density at radius 3 is 1.46 bits per heavy atom. The van der Waals surface area contributed by atoms with Gasteiger partial charge in [0.25, 0.3) is 0 Å². The molecule has 6 aromatic rings. The van der Waals surface area contributed by atoms with E-state index in [1.54, 1.807) is 57.4 Å². The lowest BCUT2D eigenvalue weighted by atomic mass is 10.2. The van der Waals surface area contributed by atoms with Crippen molar-refractivity contribution in [3.05, 3.63) is 49.1 Å². The molecule has 10 rings (SSSR count). The van der Waals surface area contributed by atoms with E-state index in [1.807, 2.05) is 29.9 Å². The van der Waals surface area contributed by atoms with E-state index >= 15 is 0 Å². The van der Waals surface area contributed by atoms with Crippen LogP contribution >= 0.6 is 11.6 Å². The van der Waals surface area contributed by atoms with E-state index in [4.69, 9.17) is 25.8 Å². The predicted molar refractivity (Wildman–Crippen MR) is 243 cm³/mol. The first-order chi connectivity index (χ1) is 32.5. The Hall–Kier alpha value is -6.58. The fourth-order valence-electron chi connectivity index (χ4n) is 7.59. The molecule has 0 bridgehead atoms. The summed E-state index contributed by atoms with van der Waals surface area (Å²) in [6.07, 6.45) is 8.47. The van der Waals surface area contributed by atoms with Gasteiger partial charge in [-0.05, 0) is 85.8 Å². The number of ether oxygens (including phenoxy) is 3. The summed E-state index contributed by atoms with van der Waals surface area (Å²) >= 11 is 5.04. The SMILES string of the molecule is CCn1c(-c2cnc(C)nc2)nc2c(OC3CN(C(=O)C4CC4)CC3F)ncnc21.CCn1c(-c2cnc(C)nc2)nc2c(OC3CN(C(=O)OC(C)(C)C)CC3F)ncnc21.O=C(Cl)C1CC1. The summed E-state index contributed by atoms with van der Waals surface area (Å²) in [5.74, 6) is 3.27. The van der Waals surface area contributed by atoms with Crippen LogP contribution in [0.1, 0.15) is 72.0 Å². The van der Waals surface area contributed by atoms with Crippen molar-refractivity contribution >= 4 is 51.2 Å². The average molecular weight is 959 g/mol. The second-order valence-electron chi connectivity index (χ2n) is 17.9. The van der Waals surface area contributed by atoms with E-state index in [1.165, 1.54) is 17.6 Å². The highest BCUT2D eigenvalue weighted by molar-refractivity contribution is 6.64. The maximum Gasteiger partial charge on any atom is 0.410 e. The zero-order valence-corrected chi connectivity index (χ0v) is 39.6. The van der Waals surface area contributed by atoms with E-state index in [0.717, 1.165) is 36.8 Å². The van der Waals surface area contributed by atoms with Gasteiger partial charge in [0.2, 0.25) is 22.9 Å². The van der Waals surface area contributed by atoms with E-state index < -0.39 is 36.2 Å². The van der Waals surface area contributed by atoms with E-state index in [9.17, 15) is 23.2 Å². The molecule has 4 aliphatic rings. The minimum atomic E-state index is -1.38. The van der Waals surface area contributed by atoms with Crippen molar-refractivity contribution in [1.29, 1.82) is 0 Å². The van der Waals surface area contributed by atoms with Gasteiger partial charge in [0.05, 0.1) is 37.3 Å². The van der Waals surface area contributed by atoms with E-state index in [0.29, 0.717) is 58.7 Å². The van der Waals surface area contributed by atoms with Crippen LogP contribution in [0.5, 0.6) is 11.8 Å². The highest BCUT2D eigenvalue weighted by atomic mass is 35.5. The molecule has 8 heterocycles. The smallest absolute Gasteiger partial charge is 0.410 e. The Morgan fingerprint density at radius 2 is 1.07 bits per heavy atom. The number of rotatable bonds is 10. The third kappa shape index (κ3) is 10.9. The summed E-state index contributed by atoms with van der Waals surface area (Å²) in [5, 5.41) is -0.157. The molecular weight excluding hydrogens is 906 g/mol. The van der Waals surface area contributed by atoms with Crippen LogP contribution in [0, 0.1) is 25.7 Å². The van der Waals surface area contributed by atoms with Crippen molar-refractivity contribution < 1.29 is 37.4 Å². The lowest BCUT2D eigenvalue weighted by Gasteiger charge is -2.24. The van der Waals surface area contributed by atoms with Crippen molar-refractivity contribution in [3.8, 4) is 34.5 Å². The molecule has 0 N–H and O–H groups in total. The molecule has 68 heavy (non-hydrogen) atoms. The minimum Gasteiger partial charge on any atom is -0.468 e. The molecule has 0 radical (unpaired) electrons. The average Bonchev–Trinajstić information content (AvgIpc) is 4.21. The van der Waals surface area contributed by atoms with Gasteiger partial charge < -0.3 is 33.1 Å². The highest BCUT2D eigenvalue weighted by Gasteiger charge is 2.43. The summed E-state index contributed by atoms with van der Waals surface area (Å²) in [7, 11) is 0. The van der Waals surface area contributed by atoms with Crippen molar-refractivity contribution in [2.24, 2.45) is 11.8 Å². The summed E-state index contributed by atoms with van der Waals surface area (Å²) in [6.45, 7) is 14.3. The number of fused-ring (bicyclic) bond motifs is 2. The number of amides is 2. The van der Waals surface area contributed by atoms with Crippen LogP contribution in [0.3, 0.4) is 0 Å². The van der Waals surface area contributed by atoms with Crippen LogP contribution in [0.25, 0.3) is 45.1 Å². The fourth-order valence-corrected chi connectivity index (χ4v) is 7.81. The number of hydrogen-bond donors (Lipinski definition) is 0. The number of imidazole rings is 2. The molecule has 6 aromatic heterocycles. The Bertz CT molecular complexity index is 2780. The minimum absolute atomic E-state index is 0.0218. The number of carbonyl (C=O) groups excluding carboxylic acids is 3. The molecule has 4 atom stereocenters. The number of aryl methyl sites for hydroxylation is 4. The van der Waals surface area contributed by atoms with Crippen molar-refractivity contribution in [1.82, 2.24) is 68.8 Å². The quantitative estimate of drug-likeness (QED) is 0.142. The maximum atomic E-state index is 14.7. The topological polar surface area (TPSA) is 224 Å². The molecule has 20 nitrogen and oxygen atoms in total. The molecule has 2 aliphatic heterocycles. The number of halogens is 3. The monoisotopic (exact) mass is 958 g/mol. The molecule has 360 valence electrons. The molecular formula is C45H53ClF2N14O6. The first-order valence-electron chi connectivity index (χ1n) is 22.6. The Labute approximate surface area is 395 Å². The number of nitrogens with zero attached hydrogens (tertiary/aromatic N) is 14. The fraction of sp³-hybridized carbons (Fsp3) is 0.533. The van der Waals surface area contributed by atoms with Gasteiger partial charge in [-0.3, -0.25) is 9.59 Å². The van der Waals surface area contributed by atoms with Gasteiger partial charge in [0.15, 0.2) is 46.9 Å². The van der Waals surface area contributed by atoms with Crippen LogP contribution in [0.2, 0.25) is 0 Å². The lowest BCUT2D eigenvalue weighted by Crippen LogP contribution is -2.36. The molecule has 0 spiro atoms. The molecule has 0 aromatic carbocycles. The third-order valence-corrected chi connectivity index (χ3v) is 11.7. The standard InChI is InChI=1S/C21H26FN7O3.C20H22FN7O2.C4H5ClO/c1-6-29-17(13-7-23-12(2)24-8-13)27-16-18(29)25-11-26-19(16)31-15-10-28(9-14(15)22)20(30)32-21(3,4)5;1-3-28-17(13-6-22-11(2)23-7-13)26-16-18(28)24-10-25-19(16)30-15-9-27(8-14(15)21)20(29)12-4-5-12;5-4(6)3-1-2-3/h7-8,11,14-15H,6,9-10H2,1-5H3;6-7,10,12,14-15H,3-5,8-9H2,1-2H3;3H,1-2H2. The Morgan fingerprint density at radius 1 is 0.647 bits per heavy atom. The zero-order valence-electron chi connectivity index (χ0n) is 38.8. The largest absolute Gasteiger partial charge is 0.468 e. The highest BCUT2D eigenvalue weighted by Crippen LogP contribution is 2.35. The van der Waals surface area contributed by atoms with Crippen LogP contribution < -0.4 is 9.47 Å². The Balaban J connectivity index is 0.000000164. The van der Waals surface area contributed by atoms with Crippen LogP contribution in [0.15, 0.2) is 37.4 Å². The lowest BCUT2D eigenvalue weighted by molar-refractivity contribution is -0.131. The van der Waals surface area contributed by atoms with Crippen molar-refractivity contribution in [2.45, 2.75) is 117 Å². The van der Waals surface area contributed by atoms with Gasteiger partial charge >= 0.3 is 6.09 Å². The molecule has 2 aliphatic carbocycles. The summed E-state index contributed by atoms with van der Waals surface area (Å²) in [5.41, 5.74) is 2.83. The number of carbonyl (C=O) groups is 3. The number of likely N-dealkylation sites (tertiary alicyclic amines) is 2. The first-order valence-corrected chi connectivity index (χ1v) is 23.0. The normalized spacial score (nSPS) is 20.1. The predicted octanol–water partition coefficient (Wildman–Crippen LogP) is 6.06. The van der Waals surface area contributed by atoms with Crippen LogP contribution in [-0.2, 0) is 27.4 Å². The second-order valence-corrected chi connectivity index (χ2v) is 18.3. The molecule has 2 saturated carbocycles. The van der Waals surface area contributed by atoms with Gasteiger partial charge in [-0.15, -0.1) is 0 Å². The number of alkyl halides is 2. The number of hydrogen-bond acceptors (Lipinski definition) is 16. The first kappa shape index (κ1) is 47.9. The van der Waals surface area contributed by atoms with Gasteiger partial charge in [-0.25, -0.2) is 53.4 Å². The molecule has 4 unspecified atom stereocenters. The Kier molecular flexibility index (Phi) is 14.0. The van der Waals surface area contributed by atoms with Gasteiger partial charge in [0.1, 0.15) is 41.6 Å². The summed E-state index contributed by atoms with van der Waals surface area (Å²) < 4.78 is 50.3. The van der Waals surface area contributed by atoms with Gasteiger partial charge in [0, 0.05) is 49.7 Å². The summed E-state index contributed by atoms with van der Waals surface area (Å²) in [4.78, 5) is 80.8. The van der Waals surface area contributed by atoms with Gasteiger partial charge in [-0.2, -0.15) is 9.97 Å². The molecule has 2 saturated heterocycles. The maximum absolute atomic E-state index is 14.7. The third-order valence-electron chi connectivity index (χ3n) is 11.4. The molecule has 2 amide bonds. The second kappa shape index (κ2) is 19.9. The van der Waals surface area contributed by atoms with E-state index in [-0.39, 0.29) is 60.9 Å².